The molecular weight excluding hydrogens is 292 g/mol. The van der Waals surface area contributed by atoms with Gasteiger partial charge in [0.05, 0.1) is 0 Å². The van der Waals surface area contributed by atoms with Crippen molar-refractivity contribution in [2.45, 2.75) is 6.61 Å². The van der Waals surface area contributed by atoms with Gasteiger partial charge in [-0.3, -0.25) is 10.1 Å². The Hall–Kier alpha value is -2.28. The van der Waals surface area contributed by atoms with Crippen molar-refractivity contribution in [2.24, 2.45) is 0 Å². The molecule has 0 radical (unpaired) electrons. The fourth-order valence-electron chi connectivity index (χ4n) is 1.36. The first-order chi connectivity index (χ1) is 9.54. The third kappa shape index (κ3) is 3.86. The summed E-state index contributed by atoms with van der Waals surface area (Å²) in [7, 11) is 0. The molecule has 1 aromatic carbocycles. The number of amides is 1. The minimum absolute atomic E-state index is 0.0319. The fourth-order valence-corrected chi connectivity index (χ4v) is 1.49. The smallest absolute Gasteiger partial charge is 0.387 e. The first kappa shape index (κ1) is 14.1. The SMILES string of the molecule is O=C(Nc1nccc(Cl)n1)c1ccc(OC(F)F)cc1. The Labute approximate surface area is 117 Å². The first-order valence-electron chi connectivity index (χ1n) is 5.39. The van der Waals surface area contributed by atoms with Crippen LogP contribution < -0.4 is 10.1 Å². The molecular formula is C12H8ClF2N3O2. The number of nitrogens with one attached hydrogen (secondary N) is 1. The molecule has 0 unspecified atom stereocenters. The zero-order valence-corrected chi connectivity index (χ0v) is 10.6. The molecule has 1 amide bonds. The number of carbonyl (C=O) groups excluding carboxylic acids is 1. The van der Waals surface area contributed by atoms with Crippen LogP contribution in [0.5, 0.6) is 5.75 Å². The lowest BCUT2D eigenvalue weighted by Crippen LogP contribution is -2.14. The molecule has 0 aliphatic rings. The molecule has 0 bridgehead atoms. The number of rotatable bonds is 4. The number of carbonyl (C=O) groups is 1. The van der Waals surface area contributed by atoms with E-state index in [0.717, 1.165) is 0 Å². The van der Waals surface area contributed by atoms with E-state index < -0.39 is 12.5 Å². The number of ether oxygens (including phenoxy) is 1. The van der Waals surface area contributed by atoms with Crippen molar-refractivity contribution < 1.29 is 18.3 Å². The number of hydrogen-bond acceptors (Lipinski definition) is 4. The van der Waals surface area contributed by atoms with Gasteiger partial charge in [-0.1, -0.05) is 11.6 Å². The third-order valence-electron chi connectivity index (χ3n) is 2.19. The predicted molar refractivity (Wildman–Crippen MR) is 68.1 cm³/mol. The Balaban J connectivity index is 2.06. The maximum absolute atomic E-state index is 12.0. The molecule has 0 aliphatic heterocycles. The quantitative estimate of drug-likeness (QED) is 0.882. The van der Waals surface area contributed by atoms with Gasteiger partial charge in [-0.2, -0.15) is 8.78 Å². The fraction of sp³-hybridized carbons (Fsp3) is 0.0833. The maximum Gasteiger partial charge on any atom is 0.387 e. The summed E-state index contributed by atoms with van der Waals surface area (Å²) in [5.74, 6) is -0.471. The highest BCUT2D eigenvalue weighted by Crippen LogP contribution is 2.15. The van der Waals surface area contributed by atoms with E-state index in [2.05, 4.69) is 20.0 Å². The number of halogens is 3. The molecule has 0 fully saturated rings. The molecule has 2 aromatic rings. The Kier molecular flexibility index (Phi) is 4.41. The highest BCUT2D eigenvalue weighted by Gasteiger charge is 2.09. The Morgan fingerprint density at radius 3 is 2.55 bits per heavy atom. The van der Waals surface area contributed by atoms with Crippen LogP contribution in [0, 0.1) is 0 Å². The van der Waals surface area contributed by atoms with Gasteiger partial charge >= 0.3 is 6.61 Å². The Bertz CT molecular complexity index is 608. The second kappa shape index (κ2) is 6.25. The van der Waals surface area contributed by atoms with Crippen molar-refractivity contribution in [3.8, 4) is 5.75 Å². The normalized spacial score (nSPS) is 10.4. The van der Waals surface area contributed by atoms with Crippen LogP contribution in [0.4, 0.5) is 14.7 Å². The van der Waals surface area contributed by atoms with E-state index in [0.29, 0.717) is 0 Å². The van der Waals surface area contributed by atoms with Gasteiger partial charge in [-0.25, -0.2) is 9.97 Å². The van der Waals surface area contributed by atoms with E-state index >= 15 is 0 Å². The average Bonchev–Trinajstić information content (AvgIpc) is 2.38. The van der Waals surface area contributed by atoms with Crippen LogP contribution >= 0.6 is 11.6 Å². The number of benzene rings is 1. The van der Waals surface area contributed by atoms with Gasteiger partial charge in [-0.15, -0.1) is 0 Å². The molecule has 0 atom stereocenters. The molecule has 0 saturated heterocycles. The van der Waals surface area contributed by atoms with Crippen LogP contribution in [0.25, 0.3) is 0 Å². The van der Waals surface area contributed by atoms with Gasteiger partial charge in [0.2, 0.25) is 5.95 Å². The second-order valence-electron chi connectivity index (χ2n) is 3.56. The Morgan fingerprint density at radius 1 is 1.25 bits per heavy atom. The molecule has 0 spiro atoms. The van der Waals surface area contributed by atoms with Crippen molar-refractivity contribution in [1.82, 2.24) is 9.97 Å². The largest absolute Gasteiger partial charge is 0.435 e. The van der Waals surface area contributed by atoms with Gasteiger partial charge in [-0.05, 0) is 30.3 Å². The van der Waals surface area contributed by atoms with Crippen molar-refractivity contribution in [3.63, 3.8) is 0 Å². The van der Waals surface area contributed by atoms with Crippen LogP contribution in [0.3, 0.4) is 0 Å². The van der Waals surface area contributed by atoms with E-state index in [1.807, 2.05) is 0 Å². The van der Waals surface area contributed by atoms with E-state index in [1.165, 1.54) is 36.5 Å². The molecule has 5 nitrogen and oxygen atoms in total. The van der Waals surface area contributed by atoms with Crippen LogP contribution in [0.1, 0.15) is 10.4 Å². The first-order valence-corrected chi connectivity index (χ1v) is 5.77. The number of alkyl halides is 2. The van der Waals surface area contributed by atoms with Crippen molar-refractivity contribution >= 4 is 23.5 Å². The number of nitrogens with zero attached hydrogens (tertiary/aromatic N) is 2. The summed E-state index contributed by atoms with van der Waals surface area (Å²) in [5.41, 5.74) is 0.246. The van der Waals surface area contributed by atoms with Crippen LogP contribution in [0.2, 0.25) is 5.15 Å². The number of anilines is 1. The molecule has 2 rings (SSSR count). The molecule has 8 heteroatoms. The lowest BCUT2D eigenvalue weighted by molar-refractivity contribution is -0.0498. The van der Waals surface area contributed by atoms with Gasteiger partial charge in [0, 0.05) is 11.8 Å². The molecule has 1 heterocycles. The van der Waals surface area contributed by atoms with Gasteiger partial charge < -0.3 is 4.74 Å². The summed E-state index contributed by atoms with van der Waals surface area (Å²) in [5, 5.41) is 2.62. The monoisotopic (exact) mass is 299 g/mol. The van der Waals surface area contributed by atoms with Gasteiger partial charge in [0.25, 0.3) is 5.91 Å². The van der Waals surface area contributed by atoms with Crippen molar-refractivity contribution in [2.75, 3.05) is 5.32 Å². The minimum atomic E-state index is -2.91. The molecule has 0 aliphatic carbocycles. The molecule has 104 valence electrons. The lowest BCUT2D eigenvalue weighted by Gasteiger charge is -2.06. The summed E-state index contributed by atoms with van der Waals surface area (Å²) >= 11 is 5.65. The average molecular weight is 300 g/mol. The van der Waals surface area contributed by atoms with Crippen LogP contribution in [-0.2, 0) is 0 Å². The van der Waals surface area contributed by atoms with Crippen LogP contribution in [-0.4, -0.2) is 22.5 Å². The summed E-state index contributed by atoms with van der Waals surface area (Å²) in [6.45, 7) is -2.91. The highest BCUT2D eigenvalue weighted by molar-refractivity contribution is 6.29. The summed E-state index contributed by atoms with van der Waals surface area (Å²) in [6, 6.07) is 6.68. The van der Waals surface area contributed by atoms with E-state index in [-0.39, 0.29) is 22.4 Å². The van der Waals surface area contributed by atoms with E-state index in [4.69, 9.17) is 11.6 Å². The minimum Gasteiger partial charge on any atom is -0.435 e. The molecule has 1 aromatic heterocycles. The number of hydrogen-bond donors (Lipinski definition) is 1. The summed E-state index contributed by atoms with van der Waals surface area (Å²) in [6.07, 6.45) is 1.39. The van der Waals surface area contributed by atoms with Crippen molar-refractivity contribution in [3.05, 3.63) is 47.2 Å². The van der Waals surface area contributed by atoms with Gasteiger partial charge in [0.15, 0.2) is 0 Å². The van der Waals surface area contributed by atoms with Gasteiger partial charge in [0.1, 0.15) is 10.9 Å². The van der Waals surface area contributed by atoms with Crippen LogP contribution in [0.15, 0.2) is 36.5 Å². The zero-order valence-electron chi connectivity index (χ0n) is 9.89. The standard InChI is InChI=1S/C12H8ClF2N3O2/c13-9-5-6-16-12(17-9)18-10(19)7-1-3-8(4-2-7)20-11(14)15/h1-6,11H,(H,16,17,18,19). The summed E-state index contributed by atoms with van der Waals surface area (Å²) < 4.78 is 28.1. The van der Waals surface area contributed by atoms with Crippen molar-refractivity contribution in [1.29, 1.82) is 0 Å². The predicted octanol–water partition coefficient (Wildman–Crippen LogP) is 2.98. The molecule has 20 heavy (non-hydrogen) atoms. The topological polar surface area (TPSA) is 64.1 Å². The third-order valence-corrected chi connectivity index (χ3v) is 2.40. The van der Waals surface area contributed by atoms with E-state index in [1.54, 1.807) is 0 Å². The molecule has 0 saturated carbocycles. The molecule has 1 N–H and O–H groups in total. The number of aromatic nitrogens is 2. The zero-order chi connectivity index (χ0) is 14.5. The second-order valence-corrected chi connectivity index (χ2v) is 3.95. The summed E-state index contributed by atoms with van der Waals surface area (Å²) in [4.78, 5) is 19.4. The Morgan fingerprint density at radius 2 is 1.95 bits per heavy atom. The maximum atomic E-state index is 12.0. The highest BCUT2D eigenvalue weighted by atomic mass is 35.5. The van der Waals surface area contributed by atoms with E-state index in [9.17, 15) is 13.6 Å². The lowest BCUT2D eigenvalue weighted by atomic mass is 10.2.